The van der Waals surface area contributed by atoms with Crippen molar-refractivity contribution < 1.29 is 19.0 Å². The third-order valence-corrected chi connectivity index (χ3v) is 3.61. The summed E-state index contributed by atoms with van der Waals surface area (Å²) >= 11 is 0. The molecule has 0 spiro atoms. The van der Waals surface area contributed by atoms with Gasteiger partial charge in [-0.1, -0.05) is 18.2 Å². The van der Waals surface area contributed by atoms with Gasteiger partial charge < -0.3 is 19.5 Å². The van der Waals surface area contributed by atoms with Crippen molar-refractivity contribution in [3.63, 3.8) is 0 Å². The molecule has 5 nitrogen and oxygen atoms in total. The van der Waals surface area contributed by atoms with Crippen LogP contribution >= 0.6 is 0 Å². The molecule has 0 saturated heterocycles. The highest BCUT2D eigenvalue weighted by atomic mass is 16.5. The summed E-state index contributed by atoms with van der Waals surface area (Å²) in [5.74, 6) is 1.64. The maximum absolute atomic E-state index is 12.4. The van der Waals surface area contributed by atoms with E-state index in [0.717, 1.165) is 5.56 Å². The Morgan fingerprint density at radius 2 is 1.57 bits per heavy atom. The van der Waals surface area contributed by atoms with Crippen LogP contribution in [0, 0.1) is 0 Å². The molecule has 1 amide bonds. The Bertz CT molecular complexity index is 684. The van der Waals surface area contributed by atoms with Crippen LogP contribution in [0.4, 0.5) is 0 Å². The second-order valence-corrected chi connectivity index (χ2v) is 5.01. The summed E-state index contributed by atoms with van der Waals surface area (Å²) in [4.78, 5) is 12.4. The quantitative estimate of drug-likeness (QED) is 0.889. The number of benzene rings is 2. The van der Waals surface area contributed by atoms with E-state index < -0.39 is 0 Å². The summed E-state index contributed by atoms with van der Waals surface area (Å²) in [5.41, 5.74) is 1.42. The van der Waals surface area contributed by atoms with Crippen molar-refractivity contribution in [1.29, 1.82) is 0 Å². The van der Waals surface area contributed by atoms with Gasteiger partial charge in [0.25, 0.3) is 5.91 Å². The summed E-state index contributed by atoms with van der Waals surface area (Å²) in [6.45, 7) is 1.91. The fourth-order valence-electron chi connectivity index (χ4n) is 2.31. The van der Waals surface area contributed by atoms with Gasteiger partial charge in [-0.25, -0.2) is 0 Å². The normalized spacial score (nSPS) is 11.5. The average Bonchev–Trinajstić information content (AvgIpc) is 2.60. The summed E-state index contributed by atoms with van der Waals surface area (Å²) in [6.07, 6.45) is 0. The van der Waals surface area contributed by atoms with Crippen LogP contribution in [-0.4, -0.2) is 27.2 Å². The number of methoxy groups -OCH3 is 3. The predicted molar refractivity (Wildman–Crippen MR) is 88.4 cm³/mol. The maximum Gasteiger partial charge on any atom is 0.255 e. The van der Waals surface area contributed by atoms with E-state index in [1.54, 1.807) is 39.5 Å². The lowest BCUT2D eigenvalue weighted by Gasteiger charge is -2.17. The molecule has 5 heteroatoms. The number of hydrogen-bond donors (Lipinski definition) is 1. The van der Waals surface area contributed by atoms with Crippen LogP contribution in [0.5, 0.6) is 17.2 Å². The Balaban J connectivity index is 2.18. The third-order valence-electron chi connectivity index (χ3n) is 3.61. The first-order chi connectivity index (χ1) is 11.1. The standard InChI is InChI=1S/C18H21NO4/c1-12(13-9-10-16(22-3)17(11-13)23-4)19-18(20)14-7-5-6-8-15(14)21-2/h5-12H,1-4H3,(H,19,20). The lowest BCUT2D eigenvalue weighted by atomic mass is 10.1. The Morgan fingerprint density at radius 3 is 2.22 bits per heavy atom. The minimum Gasteiger partial charge on any atom is -0.496 e. The number of para-hydroxylation sites is 1. The first kappa shape index (κ1) is 16.7. The van der Waals surface area contributed by atoms with Crippen molar-refractivity contribution in [2.45, 2.75) is 13.0 Å². The lowest BCUT2D eigenvalue weighted by molar-refractivity contribution is 0.0937. The third kappa shape index (κ3) is 3.74. The molecule has 0 radical (unpaired) electrons. The molecule has 0 aromatic heterocycles. The van der Waals surface area contributed by atoms with Crippen molar-refractivity contribution in [2.24, 2.45) is 0 Å². The van der Waals surface area contributed by atoms with Gasteiger partial charge in [-0.2, -0.15) is 0 Å². The van der Waals surface area contributed by atoms with Crippen LogP contribution < -0.4 is 19.5 Å². The number of hydrogen-bond acceptors (Lipinski definition) is 4. The molecule has 0 aliphatic rings. The second-order valence-electron chi connectivity index (χ2n) is 5.01. The molecule has 23 heavy (non-hydrogen) atoms. The van der Waals surface area contributed by atoms with Gasteiger partial charge in [0.1, 0.15) is 5.75 Å². The molecule has 0 bridgehead atoms. The summed E-state index contributed by atoms with van der Waals surface area (Å²) in [5, 5.41) is 2.96. The molecule has 2 aromatic rings. The molecule has 2 rings (SSSR count). The zero-order chi connectivity index (χ0) is 16.8. The zero-order valence-corrected chi connectivity index (χ0v) is 13.8. The number of nitrogens with one attached hydrogen (secondary N) is 1. The lowest BCUT2D eigenvalue weighted by Crippen LogP contribution is -2.27. The summed E-state index contributed by atoms with van der Waals surface area (Å²) in [6, 6.07) is 12.5. The summed E-state index contributed by atoms with van der Waals surface area (Å²) < 4.78 is 15.7. The highest BCUT2D eigenvalue weighted by molar-refractivity contribution is 5.97. The smallest absolute Gasteiger partial charge is 0.255 e. The van der Waals surface area contributed by atoms with Crippen molar-refractivity contribution >= 4 is 5.91 Å². The zero-order valence-electron chi connectivity index (χ0n) is 13.8. The van der Waals surface area contributed by atoms with Crippen molar-refractivity contribution in [1.82, 2.24) is 5.32 Å². The van der Waals surface area contributed by atoms with Crippen molar-refractivity contribution in [2.75, 3.05) is 21.3 Å². The molecule has 122 valence electrons. The molecule has 0 fully saturated rings. The van der Waals surface area contributed by atoms with Crippen LogP contribution in [0.25, 0.3) is 0 Å². The van der Waals surface area contributed by atoms with Gasteiger partial charge in [-0.15, -0.1) is 0 Å². The number of ether oxygens (including phenoxy) is 3. The molecular formula is C18H21NO4. The maximum atomic E-state index is 12.4. The van der Waals surface area contributed by atoms with Crippen LogP contribution in [0.15, 0.2) is 42.5 Å². The molecule has 0 saturated carbocycles. The minimum absolute atomic E-state index is 0.188. The monoisotopic (exact) mass is 315 g/mol. The predicted octanol–water partition coefficient (Wildman–Crippen LogP) is 3.20. The minimum atomic E-state index is -0.190. The SMILES string of the molecule is COc1ccc(C(C)NC(=O)c2ccccc2OC)cc1OC. The van der Waals surface area contributed by atoms with E-state index in [4.69, 9.17) is 14.2 Å². The first-order valence-corrected chi connectivity index (χ1v) is 7.26. The molecule has 1 N–H and O–H groups in total. The molecule has 1 unspecified atom stereocenters. The fraction of sp³-hybridized carbons (Fsp3) is 0.278. The Hall–Kier alpha value is -2.69. The molecule has 1 atom stereocenters. The first-order valence-electron chi connectivity index (χ1n) is 7.26. The highest BCUT2D eigenvalue weighted by Gasteiger charge is 2.16. The fourth-order valence-corrected chi connectivity index (χ4v) is 2.31. The van der Waals surface area contributed by atoms with E-state index in [-0.39, 0.29) is 11.9 Å². The van der Waals surface area contributed by atoms with Gasteiger partial charge in [-0.3, -0.25) is 4.79 Å². The van der Waals surface area contributed by atoms with E-state index in [1.807, 2.05) is 31.2 Å². The molecule has 0 heterocycles. The van der Waals surface area contributed by atoms with E-state index >= 15 is 0 Å². The summed E-state index contributed by atoms with van der Waals surface area (Å²) in [7, 11) is 4.72. The number of carbonyl (C=O) groups is 1. The number of carbonyl (C=O) groups excluding carboxylic acids is 1. The Morgan fingerprint density at radius 1 is 0.913 bits per heavy atom. The van der Waals surface area contributed by atoms with E-state index in [2.05, 4.69) is 5.32 Å². The van der Waals surface area contributed by atoms with Crippen LogP contribution in [0.2, 0.25) is 0 Å². The van der Waals surface area contributed by atoms with Gasteiger partial charge in [0.2, 0.25) is 0 Å². The number of amides is 1. The second kappa shape index (κ2) is 7.54. The van der Waals surface area contributed by atoms with E-state index in [9.17, 15) is 4.79 Å². The number of rotatable bonds is 6. The average molecular weight is 315 g/mol. The van der Waals surface area contributed by atoms with Gasteiger partial charge in [-0.05, 0) is 36.8 Å². The van der Waals surface area contributed by atoms with E-state index in [0.29, 0.717) is 22.8 Å². The van der Waals surface area contributed by atoms with Gasteiger partial charge >= 0.3 is 0 Å². The van der Waals surface area contributed by atoms with Gasteiger partial charge in [0.05, 0.1) is 32.9 Å². The van der Waals surface area contributed by atoms with Crippen molar-refractivity contribution in [3.05, 3.63) is 53.6 Å². The Kier molecular flexibility index (Phi) is 5.46. The van der Waals surface area contributed by atoms with Gasteiger partial charge in [0, 0.05) is 0 Å². The Labute approximate surface area is 136 Å². The van der Waals surface area contributed by atoms with Crippen LogP contribution in [0.3, 0.4) is 0 Å². The largest absolute Gasteiger partial charge is 0.496 e. The van der Waals surface area contributed by atoms with Crippen LogP contribution in [0.1, 0.15) is 28.9 Å². The van der Waals surface area contributed by atoms with Gasteiger partial charge in [0.15, 0.2) is 11.5 Å². The highest BCUT2D eigenvalue weighted by Crippen LogP contribution is 2.30. The molecule has 2 aromatic carbocycles. The van der Waals surface area contributed by atoms with E-state index in [1.165, 1.54) is 0 Å². The topological polar surface area (TPSA) is 56.8 Å². The molecule has 0 aliphatic carbocycles. The van der Waals surface area contributed by atoms with Crippen molar-refractivity contribution in [3.8, 4) is 17.2 Å². The molecule has 0 aliphatic heterocycles. The molecular weight excluding hydrogens is 294 g/mol. The van der Waals surface area contributed by atoms with Crippen LogP contribution in [-0.2, 0) is 0 Å².